The molecule has 1 aromatic carbocycles. The van der Waals surface area contributed by atoms with Gasteiger partial charge in [-0.15, -0.1) is 0 Å². The molecule has 2 saturated carbocycles. The molecule has 0 bridgehead atoms. The van der Waals surface area contributed by atoms with Crippen LogP contribution in [0.4, 0.5) is 0 Å². The Hall–Kier alpha value is -0.210. The number of hydrogen-bond donors (Lipinski definition) is 0. The standard InChI is InChI=1S/C14H16BrClO/c1-17-12-6-5-8(16)7-11(12)14(15)13-9-3-2-4-10(9)13/h5-7,9-10,13-14H,2-4H2,1H3. The van der Waals surface area contributed by atoms with Gasteiger partial charge in [-0.1, -0.05) is 34.0 Å². The first-order chi connectivity index (χ1) is 8.22. The summed E-state index contributed by atoms with van der Waals surface area (Å²) in [5.74, 6) is 3.60. The number of halogens is 2. The molecule has 2 aliphatic rings. The van der Waals surface area contributed by atoms with Crippen molar-refractivity contribution in [3.8, 4) is 5.75 Å². The SMILES string of the molecule is COc1ccc(Cl)cc1C(Br)C1C2CCCC21. The van der Waals surface area contributed by atoms with Crippen molar-refractivity contribution in [3.63, 3.8) is 0 Å². The highest BCUT2D eigenvalue weighted by atomic mass is 79.9. The molecule has 0 amide bonds. The van der Waals surface area contributed by atoms with Gasteiger partial charge in [0.1, 0.15) is 5.75 Å². The van der Waals surface area contributed by atoms with Gasteiger partial charge in [0, 0.05) is 15.4 Å². The molecule has 17 heavy (non-hydrogen) atoms. The molecule has 0 aliphatic heterocycles. The van der Waals surface area contributed by atoms with Gasteiger partial charge in [0.15, 0.2) is 0 Å². The summed E-state index contributed by atoms with van der Waals surface area (Å²) in [7, 11) is 1.72. The van der Waals surface area contributed by atoms with E-state index >= 15 is 0 Å². The lowest BCUT2D eigenvalue weighted by molar-refractivity contribution is 0.407. The van der Waals surface area contributed by atoms with E-state index in [0.29, 0.717) is 4.83 Å². The minimum absolute atomic E-state index is 0.395. The van der Waals surface area contributed by atoms with E-state index in [-0.39, 0.29) is 0 Å². The van der Waals surface area contributed by atoms with Crippen molar-refractivity contribution < 1.29 is 4.74 Å². The van der Waals surface area contributed by atoms with E-state index in [1.165, 1.54) is 24.8 Å². The van der Waals surface area contributed by atoms with Gasteiger partial charge in [0.05, 0.1) is 7.11 Å². The highest BCUT2D eigenvalue weighted by molar-refractivity contribution is 9.09. The van der Waals surface area contributed by atoms with Crippen molar-refractivity contribution >= 4 is 27.5 Å². The zero-order valence-corrected chi connectivity index (χ0v) is 12.2. The van der Waals surface area contributed by atoms with E-state index in [2.05, 4.69) is 15.9 Å². The summed E-state index contributed by atoms with van der Waals surface area (Å²) in [5, 5.41) is 0.788. The lowest BCUT2D eigenvalue weighted by atomic mass is 10.0. The first kappa shape index (κ1) is 11.9. The molecule has 3 atom stereocenters. The van der Waals surface area contributed by atoms with Gasteiger partial charge < -0.3 is 4.74 Å². The summed E-state index contributed by atoms with van der Waals surface area (Å²) < 4.78 is 5.43. The number of ether oxygens (including phenoxy) is 1. The van der Waals surface area contributed by atoms with Crippen molar-refractivity contribution in [2.24, 2.45) is 17.8 Å². The fraction of sp³-hybridized carbons (Fsp3) is 0.571. The van der Waals surface area contributed by atoms with Gasteiger partial charge in [-0.05, 0) is 48.8 Å². The van der Waals surface area contributed by atoms with Gasteiger partial charge in [0.2, 0.25) is 0 Å². The second kappa shape index (κ2) is 4.47. The Kier molecular flexibility index (Phi) is 3.12. The van der Waals surface area contributed by atoms with Gasteiger partial charge >= 0.3 is 0 Å². The normalized spacial score (nSPS) is 32.1. The molecule has 0 aromatic heterocycles. The van der Waals surface area contributed by atoms with Crippen LogP contribution in [0.15, 0.2) is 18.2 Å². The summed E-state index contributed by atoms with van der Waals surface area (Å²) in [5.41, 5.74) is 1.21. The first-order valence-corrected chi connectivity index (χ1v) is 7.49. The Morgan fingerprint density at radius 3 is 2.71 bits per heavy atom. The van der Waals surface area contributed by atoms with Crippen molar-refractivity contribution in [3.05, 3.63) is 28.8 Å². The summed E-state index contributed by atoms with van der Waals surface area (Å²) in [6.45, 7) is 0. The van der Waals surface area contributed by atoms with Gasteiger partial charge in [-0.2, -0.15) is 0 Å². The van der Waals surface area contributed by atoms with Crippen LogP contribution in [0.25, 0.3) is 0 Å². The van der Waals surface area contributed by atoms with Crippen LogP contribution in [-0.4, -0.2) is 7.11 Å². The Labute approximate surface area is 116 Å². The Bertz CT molecular complexity index is 424. The monoisotopic (exact) mass is 314 g/mol. The number of rotatable bonds is 3. The van der Waals surface area contributed by atoms with Crippen LogP contribution >= 0.6 is 27.5 Å². The van der Waals surface area contributed by atoms with E-state index in [1.54, 1.807) is 7.11 Å². The zero-order valence-electron chi connectivity index (χ0n) is 9.83. The molecule has 0 heterocycles. The summed E-state index contributed by atoms with van der Waals surface area (Å²) in [4.78, 5) is 0.395. The van der Waals surface area contributed by atoms with Crippen LogP contribution in [0, 0.1) is 17.8 Å². The van der Waals surface area contributed by atoms with E-state index in [4.69, 9.17) is 16.3 Å². The molecule has 3 heteroatoms. The van der Waals surface area contributed by atoms with Crippen molar-refractivity contribution in [2.75, 3.05) is 7.11 Å². The molecule has 1 aromatic rings. The zero-order chi connectivity index (χ0) is 12.0. The Balaban J connectivity index is 1.85. The van der Waals surface area contributed by atoms with Crippen molar-refractivity contribution in [2.45, 2.75) is 24.1 Å². The van der Waals surface area contributed by atoms with Crippen LogP contribution in [0.1, 0.15) is 29.7 Å². The first-order valence-electron chi connectivity index (χ1n) is 6.20. The maximum Gasteiger partial charge on any atom is 0.123 e. The highest BCUT2D eigenvalue weighted by Gasteiger charge is 2.55. The van der Waals surface area contributed by atoms with E-state index in [1.807, 2.05) is 18.2 Å². The lowest BCUT2D eigenvalue weighted by Crippen LogP contribution is -2.01. The molecule has 92 valence electrons. The van der Waals surface area contributed by atoms with Crippen LogP contribution in [-0.2, 0) is 0 Å². The van der Waals surface area contributed by atoms with Crippen LogP contribution < -0.4 is 4.74 Å². The third-order valence-corrected chi connectivity index (χ3v) is 5.64. The molecular weight excluding hydrogens is 300 g/mol. The topological polar surface area (TPSA) is 9.23 Å². The maximum absolute atomic E-state index is 6.09. The Morgan fingerprint density at radius 2 is 2.06 bits per heavy atom. The van der Waals surface area contributed by atoms with Crippen LogP contribution in [0.3, 0.4) is 0 Å². The van der Waals surface area contributed by atoms with Gasteiger partial charge in [0.25, 0.3) is 0 Å². The quantitative estimate of drug-likeness (QED) is 0.726. The number of alkyl halides is 1. The summed E-state index contributed by atoms with van der Waals surface area (Å²) in [6, 6.07) is 5.88. The van der Waals surface area contributed by atoms with Crippen molar-refractivity contribution in [1.82, 2.24) is 0 Å². The molecule has 0 N–H and O–H groups in total. The van der Waals surface area contributed by atoms with Crippen LogP contribution in [0.2, 0.25) is 5.02 Å². The van der Waals surface area contributed by atoms with Gasteiger partial charge in [-0.25, -0.2) is 0 Å². The number of methoxy groups -OCH3 is 1. The third-order valence-electron chi connectivity index (χ3n) is 4.30. The molecule has 0 saturated heterocycles. The van der Waals surface area contributed by atoms with E-state index in [0.717, 1.165) is 28.5 Å². The largest absolute Gasteiger partial charge is 0.496 e. The molecule has 3 rings (SSSR count). The molecule has 0 radical (unpaired) electrons. The molecule has 3 unspecified atom stereocenters. The number of fused-ring (bicyclic) bond motifs is 1. The molecule has 1 nitrogen and oxygen atoms in total. The maximum atomic E-state index is 6.09. The minimum Gasteiger partial charge on any atom is -0.496 e. The number of hydrogen-bond acceptors (Lipinski definition) is 1. The fourth-order valence-corrected chi connectivity index (χ4v) is 4.76. The molecule has 2 aliphatic carbocycles. The minimum atomic E-state index is 0.395. The predicted octanol–water partition coefficient (Wildman–Crippen LogP) is 4.83. The van der Waals surface area contributed by atoms with E-state index < -0.39 is 0 Å². The lowest BCUT2D eigenvalue weighted by Gasteiger charge is -2.16. The molecular formula is C14H16BrClO. The fourth-order valence-electron chi connectivity index (χ4n) is 3.44. The molecule has 0 spiro atoms. The smallest absolute Gasteiger partial charge is 0.123 e. The van der Waals surface area contributed by atoms with Gasteiger partial charge in [-0.3, -0.25) is 0 Å². The van der Waals surface area contributed by atoms with Crippen LogP contribution in [0.5, 0.6) is 5.75 Å². The average Bonchev–Trinajstić information content (AvgIpc) is 2.81. The second-order valence-corrected chi connectivity index (χ2v) is 6.55. The summed E-state index contributed by atoms with van der Waals surface area (Å²) in [6.07, 6.45) is 4.22. The molecule has 2 fully saturated rings. The summed E-state index contributed by atoms with van der Waals surface area (Å²) >= 11 is 9.94. The van der Waals surface area contributed by atoms with E-state index in [9.17, 15) is 0 Å². The highest BCUT2D eigenvalue weighted by Crippen LogP contribution is 2.65. The number of benzene rings is 1. The van der Waals surface area contributed by atoms with Crippen molar-refractivity contribution in [1.29, 1.82) is 0 Å². The second-order valence-electron chi connectivity index (χ2n) is 5.12. The average molecular weight is 316 g/mol. The Morgan fingerprint density at radius 1 is 1.35 bits per heavy atom. The third kappa shape index (κ3) is 2.00. The predicted molar refractivity (Wildman–Crippen MR) is 74.0 cm³/mol.